The lowest BCUT2D eigenvalue weighted by Crippen LogP contribution is -2.58. The van der Waals surface area contributed by atoms with Gasteiger partial charge in [0.2, 0.25) is 5.91 Å². The van der Waals surface area contributed by atoms with Crippen LogP contribution in [0.5, 0.6) is 0 Å². The number of rotatable bonds is 4. The summed E-state index contributed by atoms with van der Waals surface area (Å²) < 4.78 is 0. The second-order valence-electron chi connectivity index (χ2n) is 5.81. The van der Waals surface area contributed by atoms with Gasteiger partial charge in [0.05, 0.1) is 11.4 Å². The van der Waals surface area contributed by atoms with Crippen molar-refractivity contribution < 1.29 is 14.4 Å². The first-order valence-corrected chi connectivity index (χ1v) is 8.75. The third-order valence-electron chi connectivity index (χ3n) is 3.91. The molecule has 0 radical (unpaired) electrons. The molecule has 0 aliphatic carbocycles. The lowest BCUT2D eigenvalue weighted by atomic mass is 10.1. The molecule has 27 heavy (non-hydrogen) atoms. The highest BCUT2D eigenvalue weighted by Crippen LogP contribution is 2.23. The van der Waals surface area contributed by atoms with Crippen molar-refractivity contribution in [1.82, 2.24) is 5.32 Å². The number of ketones is 1. The number of aliphatic imine (C=N–C) groups is 1. The van der Waals surface area contributed by atoms with E-state index < -0.39 is 17.7 Å². The van der Waals surface area contributed by atoms with E-state index >= 15 is 0 Å². The molecule has 0 spiro atoms. The molecule has 0 saturated carbocycles. The van der Waals surface area contributed by atoms with Crippen molar-refractivity contribution in [2.45, 2.75) is 6.92 Å². The molecular weight excluding hydrogens is 386 g/mol. The average molecular weight is 400 g/mol. The maximum atomic E-state index is 12.8. The first kappa shape index (κ1) is 18.9. The first-order chi connectivity index (χ1) is 12.9. The van der Waals surface area contributed by atoms with Crippen molar-refractivity contribution in [3.63, 3.8) is 0 Å². The summed E-state index contributed by atoms with van der Waals surface area (Å²) >= 11 is 11.0. The van der Waals surface area contributed by atoms with Gasteiger partial charge in [-0.1, -0.05) is 23.7 Å². The molecule has 1 atom stereocenters. The van der Waals surface area contributed by atoms with Crippen LogP contribution in [0.15, 0.2) is 53.5 Å². The molecule has 1 fully saturated rings. The zero-order valence-electron chi connectivity index (χ0n) is 14.2. The largest absolute Gasteiger partial charge is 0.301 e. The van der Waals surface area contributed by atoms with Gasteiger partial charge >= 0.3 is 0 Å². The highest BCUT2D eigenvalue weighted by molar-refractivity contribution is 7.80. The molecule has 0 bridgehead atoms. The molecular formula is C19H14ClN3O3S. The highest BCUT2D eigenvalue weighted by Gasteiger charge is 2.38. The molecule has 136 valence electrons. The first-order valence-electron chi connectivity index (χ1n) is 7.96. The number of amides is 2. The summed E-state index contributed by atoms with van der Waals surface area (Å²) in [5, 5.41) is 3.02. The normalized spacial score (nSPS) is 17.3. The second-order valence-corrected chi connectivity index (χ2v) is 6.63. The van der Waals surface area contributed by atoms with E-state index in [1.807, 2.05) is 0 Å². The van der Waals surface area contributed by atoms with Crippen molar-refractivity contribution >= 4 is 64.1 Å². The molecule has 2 amide bonds. The van der Waals surface area contributed by atoms with E-state index in [-0.39, 0.29) is 10.9 Å². The fourth-order valence-corrected chi connectivity index (χ4v) is 2.94. The predicted octanol–water partition coefficient (Wildman–Crippen LogP) is 3.31. The Morgan fingerprint density at radius 2 is 1.93 bits per heavy atom. The number of carbonyl (C=O) groups excluding carboxylic acids is 3. The summed E-state index contributed by atoms with van der Waals surface area (Å²) in [6.45, 7) is 1.45. The van der Waals surface area contributed by atoms with Crippen molar-refractivity contribution in [3.8, 4) is 0 Å². The number of Topliss-reactive ketones (excluding diaryl/α,β-unsaturated/α-hetero) is 1. The summed E-state index contributed by atoms with van der Waals surface area (Å²) in [7, 11) is 0. The summed E-state index contributed by atoms with van der Waals surface area (Å²) in [6, 6.07) is 13.1. The van der Waals surface area contributed by atoms with Crippen LogP contribution in [-0.4, -0.2) is 28.9 Å². The number of nitrogens with one attached hydrogen (secondary N) is 1. The minimum absolute atomic E-state index is 0.00412. The molecule has 1 saturated heterocycles. The number of hydrogen-bond acceptors (Lipinski definition) is 5. The van der Waals surface area contributed by atoms with E-state index in [1.165, 1.54) is 18.0 Å². The monoisotopic (exact) mass is 399 g/mol. The number of anilines is 1. The Morgan fingerprint density at radius 1 is 1.22 bits per heavy atom. The summed E-state index contributed by atoms with van der Waals surface area (Å²) in [5.41, 5.74) is 1.45. The van der Waals surface area contributed by atoms with Crippen LogP contribution in [0, 0.1) is 5.92 Å². The van der Waals surface area contributed by atoms with E-state index in [2.05, 4.69) is 10.3 Å². The molecule has 1 aliphatic rings. The van der Waals surface area contributed by atoms with Crippen LogP contribution in [0.1, 0.15) is 17.3 Å². The zero-order chi connectivity index (χ0) is 19.6. The molecule has 1 heterocycles. The lowest BCUT2D eigenvalue weighted by molar-refractivity contribution is -0.130. The maximum Gasteiger partial charge on any atom is 0.251 e. The third kappa shape index (κ3) is 4.10. The Hall–Kier alpha value is -2.90. The Balaban J connectivity index is 1.88. The molecule has 3 rings (SSSR count). The smallest absolute Gasteiger partial charge is 0.251 e. The SMILES string of the molecule is CC(=O)c1cccc(N=C[C@@H]2C(=O)NC(=S)N(c3ccc(Cl)cc3)C2=O)c1. The summed E-state index contributed by atoms with van der Waals surface area (Å²) in [5.74, 6) is -2.31. The fraction of sp³-hybridized carbons (Fsp3) is 0.105. The lowest BCUT2D eigenvalue weighted by Gasteiger charge is -2.30. The van der Waals surface area contributed by atoms with Crippen molar-refractivity contribution in [2.75, 3.05) is 4.90 Å². The minimum atomic E-state index is -1.15. The average Bonchev–Trinajstić information content (AvgIpc) is 2.63. The van der Waals surface area contributed by atoms with Gasteiger partial charge in [0.1, 0.15) is 0 Å². The van der Waals surface area contributed by atoms with Gasteiger partial charge < -0.3 is 5.32 Å². The van der Waals surface area contributed by atoms with Crippen molar-refractivity contribution in [1.29, 1.82) is 0 Å². The van der Waals surface area contributed by atoms with Gasteiger partial charge in [-0.25, -0.2) is 0 Å². The van der Waals surface area contributed by atoms with Gasteiger partial charge in [-0.15, -0.1) is 0 Å². The molecule has 6 nitrogen and oxygen atoms in total. The summed E-state index contributed by atoms with van der Waals surface area (Å²) in [6.07, 6.45) is 1.25. The Labute approximate surface area is 165 Å². The fourth-order valence-electron chi connectivity index (χ4n) is 2.52. The molecule has 1 N–H and O–H groups in total. The Bertz CT molecular complexity index is 972. The van der Waals surface area contributed by atoms with E-state index in [0.29, 0.717) is 22.0 Å². The predicted molar refractivity (Wildman–Crippen MR) is 108 cm³/mol. The Morgan fingerprint density at radius 3 is 2.59 bits per heavy atom. The van der Waals surface area contributed by atoms with Gasteiger partial charge in [0, 0.05) is 16.8 Å². The molecule has 2 aromatic carbocycles. The third-order valence-corrected chi connectivity index (χ3v) is 4.45. The second kappa shape index (κ2) is 7.77. The van der Waals surface area contributed by atoms with Crippen LogP contribution in [-0.2, 0) is 9.59 Å². The maximum absolute atomic E-state index is 12.8. The number of hydrogen-bond donors (Lipinski definition) is 1. The molecule has 2 aromatic rings. The number of halogens is 1. The number of benzene rings is 2. The number of carbonyl (C=O) groups is 3. The highest BCUT2D eigenvalue weighted by atomic mass is 35.5. The quantitative estimate of drug-likeness (QED) is 0.370. The molecule has 0 unspecified atom stereocenters. The summed E-state index contributed by atoms with van der Waals surface area (Å²) in [4.78, 5) is 41.9. The van der Waals surface area contributed by atoms with Crippen LogP contribution in [0.4, 0.5) is 11.4 Å². The topological polar surface area (TPSA) is 78.8 Å². The minimum Gasteiger partial charge on any atom is -0.301 e. The van der Waals surface area contributed by atoms with Gasteiger partial charge in [0.25, 0.3) is 5.91 Å². The Kier molecular flexibility index (Phi) is 5.43. The molecule has 1 aliphatic heterocycles. The zero-order valence-corrected chi connectivity index (χ0v) is 15.8. The van der Waals surface area contributed by atoms with E-state index in [4.69, 9.17) is 23.8 Å². The van der Waals surface area contributed by atoms with E-state index in [0.717, 1.165) is 0 Å². The van der Waals surface area contributed by atoms with Crippen LogP contribution < -0.4 is 10.2 Å². The van der Waals surface area contributed by atoms with E-state index in [1.54, 1.807) is 48.5 Å². The van der Waals surface area contributed by atoms with Gasteiger partial charge in [-0.2, -0.15) is 0 Å². The number of nitrogens with zero attached hydrogens (tertiary/aromatic N) is 2. The van der Waals surface area contributed by atoms with Gasteiger partial charge in [0.15, 0.2) is 16.8 Å². The number of thiocarbonyl (C=S) groups is 1. The van der Waals surface area contributed by atoms with Crippen molar-refractivity contribution in [2.24, 2.45) is 10.9 Å². The van der Waals surface area contributed by atoms with Gasteiger partial charge in [-0.3, -0.25) is 24.3 Å². The van der Waals surface area contributed by atoms with Crippen LogP contribution >= 0.6 is 23.8 Å². The molecule has 0 aromatic heterocycles. The van der Waals surface area contributed by atoms with E-state index in [9.17, 15) is 14.4 Å². The van der Waals surface area contributed by atoms with Crippen LogP contribution in [0.3, 0.4) is 0 Å². The standard InChI is InChI=1S/C19H14ClN3O3S/c1-11(24)12-3-2-4-14(9-12)21-10-16-17(25)22-19(27)23(18(16)26)15-7-5-13(20)6-8-15/h2-10,16H,1H3,(H,22,25,27)/t16-/m1/s1. The molecule has 8 heteroatoms. The van der Waals surface area contributed by atoms with Crippen LogP contribution in [0.25, 0.3) is 0 Å². The van der Waals surface area contributed by atoms with Crippen molar-refractivity contribution in [3.05, 3.63) is 59.1 Å². The van der Waals surface area contributed by atoms with Crippen LogP contribution in [0.2, 0.25) is 5.02 Å². The van der Waals surface area contributed by atoms with Gasteiger partial charge in [-0.05, 0) is 55.5 Å².